The second-order valence-corrected chi connectivity index (χ2v) is 6.93. The van der Waals surface area contributed by atoms with E-state index in [-0.39, 0.29) is 12.8 Å². The highest BCUT2D eigenvalue weighted by atomic mass is 35.5. The van der Waals surface area contributed by atoms with Gasteiger partial charge in [0.25, 0.3) is 10.2 Å². The van der Waals surface area contributed by atoms with Gasteiger partial charge in [0.05, 0.1) is 5.38 Å². The third-order valence-electron chi connectivity index (χ3n) is 2.37. The zero-order valence-electron chi connectivity index (χ0n) is 7.81. The molecular formula is C8H12ClF5S. The Labute approximate surface area is 90.2 Å². The lowest BCUT2D eigenvalue weighted by atomic mass is 10.1. The van der Waals surface area contributed by atoms with Gasteiger partial charge in [-0.2, -0.15) is 0 Å². The van der Waals surface area contributed by atoms with Gasteiger partial charge in [-0.25, -0.2) is 0 Å². The molecule has 0 spiro atoms. The van der Waals surface area contributed by atoms with Gasteiger partial charge < -0.3 is 0 Å². The topological polar surface area (TPSA) is 0 Å². The summed E-state index contributed by atoms with van der Waals surface area (Å²) in [5.41, 5.74) is 0. The molecule has 0 aromatic carbocycles. The van der Waals surface area contributed by atoms with Crippen molar-refractivity contribution < 1.29 is 19.4 Å². The first kappa shape index (κ1) is 13.1. The Morgan fingerprint density at radius 2 is 1.40 bits per heavy atom. The quantitative estimate of drug-likeness (QED) is 0.340. The van der Waals surface area contributed by atoms with Crippen LogP contribution in [0.3, 0.4) is 0 Å². The van der Waals surface area contributed by atoms with Crippen molar-refractivity contribution in [2.75, 3.05) is 0 Å². The van der Waals surface area contributed by atoms with Gasteiger partial charge in [0.1, 0.15) is 5.25 Å². The minimum Gasteiger partial charge on any atom is -0.121 e. The van der Waals surface area contributed by atoms with Crippen molar-refractivity contribution in [1.82, 2.24) is 0 Å². The molecule has 0 saturated carbocycles. The summed E-state index contributed by atoms with van der Waals surface area (Å²) in [6, 6.07) is 0. The highest BCUT2D eigenvalue weighted by Gasteiger charge is 2.70. The van der Waals surface area contributed by atoms with Crippen LogP contribution >= 0.6 is 21.8 Å². The smallest absolute Gasteiger partial charge is 0.121 e. The standard InChI is InChI=1S/C8H12ClF5S/c9-7-5-3-1-2-4-6-8(7)15(10,11,12,13)14/h1-2,7-8H,3-6H2/b2-1-/t7-,8-/m0/s1. The van der Waals surface area contributed by atoms with E-state index in [1.165, 1.54) is 6.08 Å². The molecule has 15 heavy (non-hydrogen) atoms. The Morgan fingerprint density at radius 3 is 1.87 bits per heavy atom. The fourth-order valence-electron chi connectivity index (χ4n) is 1.62. The molecule has 0 aromatic rings. The Balaban J connectivity index is 2.98. The average Bonchev–Trinajstić information content (AvgIpc) is 1.91. The van der Waals surface area contributed by atoms with Crippen LogP contribution in [-0.4, -0.2) is 10.6 Å². The predicted molar refractivity (Wildman–Crippen MR) is 54.2 cm³/mol. The van der Waals surface area contributed by atoms with Gasteiger partial charge >= 0.3 is 0 Å². The van der Waals surface area contributed by atoms with E-state index < -0.39 is 27.3 Å². The maximum atomic E-state index is 12.6. The molecule has 92 valence electrons. The van der Waals surface area contributed by atoms with Gasteiger partial charge in [-0.15, -0.1) is 11.6 Å². The van der Waals surface area contributed by atoms with Gasteiger partial charge in [-0.3, -0.25) is 0 Å². The molecule has 1 rings (SSSR count). The summed E-state index contributed by atoms with van der Waals surface area (Å²) >= 11 is 5.42. The van der Waals surface area contributed by atoms with Crippen LogP contribution in [0.5, 0.6) is 0 Å². The lowest BCUT2D eigenvalue weighted by Crippen LogP contribution is -2.34. The second-order valence-electron chi connectivity index (χ2n) is 3.71. The van der Waals surface area contributed by atoms with Crippen molar-refractivity contribution in [2.45, 2.75) is 36.3 Å². The first-order chi connectivity index (χ1) is 6.50. The summed E-state index contributed by atoms with van der Waals surface area (Å²) in [6.45, 7) is 0. The Bertz CT molecular complexity index is 269. The van der Waals surface area contributed by atoms with Crippen LogP contribution in [0.4, 0.5) is 19.4 Å². The van der Waals surface area contributed by atoms with Crippen LogP contribution in [0.25, 0.3) is 0 Å². The summed E-state index contributed by atoms with van der Waals surface area (Å²) in [5.74, 6) is 0. The Kier molecular flexibility index (Phi) is 2.85. The van der Waals surface area contributed by atoms with Crippen molar-refractivity contribution in [3.8, 4) is 0 Å². The fraction of sp³-hybridized carbons (Fsp3) is 0.750. The van der Waals surface area contributed by atoms with Gasteiger partial charge in [0.2, 0.25) is 0 Å². The molecule has 1 aliphatic rings. The first-order valence-electron chi connectivity index (χ1n) is 4.53. The molecular weight excluding hydrogens is 259 g/mol. The largest absolute Gasteiger partial charge is 0.289 e. The van der Waals surface area contributed by atoms with Crippen LogP contribution in [0.15, 0.2) is 12.2 Å². The molecule has 0 nitrogen and oxygen atoms in total. The predicted octanol–water partition coefficient (Wildman–Crippen LogP) is 5.39. The normalized spacial score (nSPS) is 35.9. The van der Waals surface area contributed by atoms with Crippen molar-refractivity contribution >= 4 is 21.8 Å². The Morgan fingerprint density at radius 1 is 0.933 bits per heavy atom. The van der Waals surface area contributed by atoms with Gasteiger partial charge in [-0.05, 0) is 25.7 Å². The summed E-state index contributed by atoms with van der Waals surface area (Å²) in [6.07, 6.45) is 2.81. The molecule has 0 radical (unpaired) electrons. The third kappa shape index (κ3) is 3.83. The Hall–Kier alpha value is 0.0300. The molecule has 0 unspecified atom stereocenters. The zero-order chi connectivity index (χ0) is 11.8. The van der Waals surface area contributed by atoms with E-state index in [2.05, 4.69) is 0 Å². The number of hydrogen-bond acceptors (Lipinski definition) is 0. The summed E-state index contributed by atoms with van der Waals surface area (Å²) in [4.78, 5) is 0. The highest BCUT2D eigenvalue weighted by Crippen LogP contribution is 3.01. The maximum Gasteiger partial charge on any atom is 0.289 e. The van der Waals surface area contributed by atoms with E-state index in [1.807, 2.05) is 0 Å². The maximum absolute atomic E-state index is 12.6. The molecule has 0 heterocycles. The summed E-state index contributed by atoms with van der Waals surface area (Å²) in [5, 5.41) is -4.18. The monoisotopic (exact) mass is 270 g/mol. The number of allylic oxidation sites excluding steroid dienone is 2. The van der Waals surface area contributed by atoms with Crippen molar-refractivity contribution in [3.05, 3.63) is 12.2 Å². The molecule has 0 fully saturated rings. The zero-order valence-corrected chi connectivity index (χ0v) is 9.39. The van der Waals surface area contributed by atoms with Crippen molar-refractivity contribution in [1.29, 1.82) is 0 Å². The van der Waals surface area contributed by atoms with Crippen molar-refractivity contribution in [2.24, 2.45) is 0 Å². The van der Waals surface area contributed by atoms with Gasteiger partial charge in [-0.1, -0.05) is 31.6 Å². The summed E-state index contributed by atoms with van der Waals surface area (Å²) < 4.78 is 62.8. The molecule has 2 atom stereocenters. The molecule has 0 saturated heterocycles. The highest BCUT2D eigenvalue weighted by molar-refractivity contribution is 8.46. The molecule has 1 aliphatic carbocycles. The molecule has 0 aromatic heterocycles. The average molecular weight is 271 g/mol. The number of alkyl halides is 1. The van der Waals surface area contributed by atoms with E-state index in [0.717, 1.165) is 0 Å². The number of hydrogen-bond donors (Lipinski definition) is 0. The second kappa shape index (κ2) is 3.26. The van der Waals surface area contributed by atoms with Gasteiger partial charge in [0.15, 0.2) is 0 Å². The molecule has 0 bridgehead atoms. The third-order valence-corrected chi connectivity index (χ3v) is 4.75. The van der Waals surface area contributed by atoms with E-state index in [0.29, 0.717) is 6.42 Å². The van der Waals surface area contributed by atoms with Crippen LogP contribution < -0.4 is 0 Å². The molecule has 0 amide bonds. The summed E-state index contributed by atoms with van der Waals surface area (Å²) in [7, 11) is -9.44. The van der Waals surface area contributed by atoms with E-state index in [4.69, 9.17) is 11.6 Å². The number of halogens is 6. The van der Waals surface area contributed by atoms with Gasteiger partial charge in [0, 0.05) is 0 Å². The van der Waals surface area contributed by atoms with E-state index in [9.17, 15) is 19.4 Å². The molecule has 0 aliphatic heterocycles. The van der Waals surface area contributed by atoms with E-state index in [1.54, 1.807) is 6.08 Å². The lowest BCUT2D eigenvalue weighted by Gasteiger charge is -2.49. The van der Waals surface area contributed by atoms with Crippen LogP contribution in [-0.2, 0) is 0 Å². The molecule has 7 heteroatoms. The lowest BCUT2D eigenvalue weighted by molar-refractivity contribution is 0.331. The molecule has 0 N–H and O–H groups in total. The number of rotatable bonds is 1. The van der Waals surface area contributed by atoms with Crippen LogP contribution in [0.2, 0.25) is 0 Å². The SMILES string of the molecule is FS(F)(F)(F)(F)[C@H]1CC/C=C\CC[C@@H]1Cl. The van der Waals surface area contributed by atoms with Crippen LogP contribution in [0, 0.1) is 0 Å². The minimum atomic E-state index is -9.44. The first-order valence-corrected chi connectivity index (χ1v) is 6.98. The van der Waals surface area contributed by atoms with E-state index >= 15 is 0 Å². The van der Waals surface area contributed by atoms with Crippen LogP contribution in [0.1, 0.15) is 25.7 Å². The minimum absolute atomic E-state index is 0.000509. The fourth-order valence-corrected chi connectivity index (χ4v) is 3.73. The van der Waals surface area contributed by atoms with Crippen molar-refractivity contribution in [3.63, 3.8) is 0 Å².